The second kappa shape index (κ2) is 6.88. The Balaban J connectivity index is 2.19. The van der Waals surface area contributed by atoms with E-state index >= 15 is 0 Å². The average molecular weight is 331 g/mol. The minimum absolute atomic E-state index is 0.282. The number of hydrogen-bond acceptors (Lipinski definition) is 1. The van der Waals surface area contributed by atoms with Gasteiger partial charge in [0.25, 0.3) is 0 Å². The third-order valence-electron chi connectivity index (χ3n) is 3.59. The minimum Gasteiger partial charge on any atom is -0.362 e. The van der Waals surface area contributed by atoms with Crippen LogP contribution in [-0.2, 0) is 4.74 Å². The van der Waals surface area contributed by atoms with Crippen LogP contribution in [0.15, 0.2) is 47.5 Å². The number of hydrogen-bond donors (Lipinski definition) is 0. The van der Waals surface area contributed by atoms with Crippen molar-refractivity contribution >= 4 is 11.6 Å². The van der Waals surface area contributed by atoms with Crippen molar-refractivity contribution in [3.05, 3.63) is 58.7 Å². The molecule has 5 heteroatoms. The zero-order valence-electron chi connectivity index (χ0n) is 12.4. The van der Waals surface area contributed by atoms with Crippen LogP contribution in [0.4, 0.5) is 13.2 Å². The van der Waals surface area contributed by atoms with Crippen molar-refractivity contribution in [3.8, 4) is 0 Å². The molecule has 0 saturated heterocycles. The van der Waals surface area contributed by atoms with Crippen LogP contribution in [0.5, 0.6) is 0 Å². The van der Waals surface area contributed by atoms with Crippen LogP contribution in [0.1, 0.15) is 36.8 Å². The molecule has 0 N–H and O–H groups in total. The normalized spacial score (nSPS) is 22.0. The monoisotopic (exact) mass is 330 g/mol. The molecule has 1 aliphatic carbocycles. The first-order valence-corrected chi connectivity index (χ1v) is 7.48. The molecule has 0 saturated carbocycles. The van der Waals surface area contributed by atoms with Gasteiger partial charge >= 0.3 is 6.18 Å². The van der Waals surface area contributed by atoms with E-state index in [9.17, 15) is 13.2 Å². The van der Waals surface area contributed by atoms with E-state index in [1.165, 1.54) is 5.56 Å². The van der Waals surface area contributed by atoms with Gasteiger partial charge in [-0.2, -0.15) is 13.2 Å². The molecule has 1 aromatic rings. The lowest BCUT2D eigenvalue weighted by atomic mass is 9.88. The first-order valence-electron chi connectivity index (χ1n) is 7.10. The Bertz CT molecular complexity index is 558. The maximum Gasteiger partial charge on any atom is 0.411 e. The van der Waals surface area contributed by atoms with Crippen molar-refractivity contribution in [2.75, 3.05) is 6.61 Å². The van der Waals surface area contributed by atoms with Crippen LogP contribution in [0, 0.1) is 0 Å². The van der Waals surface area contributed by atoms with Crippen molar-refractivity contribution in [1.29, 1.82) is 0 Å². The Morgan fingerprint density at radius 1 is 1.18 bits per heavy atom. The fraction of sp³-hybridized carbons (Fsp3) is 0.412. The first kappa shape index (κ1) is 17.1. The van der Waals surface area contributed by atoms with E-state index in [0.717, 1.165) is 5.56 Å². The van der Waals surface area contributed by atoms with Crippen LogP contribution in [0.2, 0.25) is 0 Å². The number of halogens is 4. The highest BCUT2D eigenvalue weighted by molar-refractivity contribution is 6.30. The molecule has 0 radical (unpaired) electrons. The van der Waals surface area contributed by atoms with Gasteiger partial charge < -0.3 is 4.74 Å². The number of ether oxygens (including phenoxy) is 1. The highest BCUT2D eigenvalue weighted by atomic mass is 35.5. The molecule has 0 fully saturated rings. The van der Waals surface area contributed by atoms with Gasteiger partial charge in [-0.1, -0.05) is 61.9 Å². The molecular formula is C17H18ClF3O. The molecule has 0 aromatic heterocycles. The summed E-state index contributed by atoms with van der Waals surface area (Å²) in [6.07, 6.45) is -0.0433. The van der Waals surface area contributed by atoms with E-state index in [2.05, 4.69) is 13.8 Å². The number of allylic oxidation sites excluding steroid dienone is 2. The third-order valence-corrected chi connectivity index (χ3v) is 3.93. The van der Waals surface area contributed by atoms with Gasteiger partial charge in [0, 0.05) is 11.0 Å². The average Bonchev–Trinajstić information content (AvgIpc) is 2.45. The molecule has 2 atom stereocenters. The maximum absolute atomic E-state index is 12.4. The third kappa shape index (κ3) is 4.37. The summed E-state index contributed by atoms with van der Waals surface area (Å²) in [5.74, 6) is 0.0813. The predicted octanol–water partition coefficient (Wildman–Crippen LogP) is 5.53. The lowest BCUT2D eigenvalue weighted by Crippen LogP contribution is -2.29. The molecule has 0 heterocycles. The first-order chi connectivity index (χ1) is 10.3. The second-order valence-corrected chi connectivity index (χ2v) is 6.07. The standard InChI is InChI=1S/C17H18ClF3O/c1-11(2)12-6-8-13(9-7-12)14-4-3-5-15(18)16(14)22-10-17(19,20)21/h3-9,11,14,16H,10H2,1-2H3. The summed E-state index contributed by atoms with van der Waals surface area (Å²) in [5, 5.41) is 0.282. The molecule has 1 aliphatic rings. The Morgan fingerprint density at radius 3 is 2.36 bits per heavy atom. The molecule has 2 rings (SSSR count). The van der Waals surface area contributed by atoms with Gasteiger partial charge in [-0.3, -0.25) is 0 Å². The summed E-state index contributed by atoms with van der Waals surface area (Å²) in [6, 6.07) is 7.81. The fourth-order valence-corrected chi connectivity index (χ4v) is 2.66. The summed E-state index contributed by atoms with van der Waals surface area (Å²) in [6.45, 7) is 2.87. The molecule has 22 heavy (non-hydrogen) atoms. The van der Waals surface area contributed by atoms with Crippen molar-refractivity contribution in [3.63, 3.8) is 0 Å². The molecule has 0 aliphatic heterocycles. The van der Waals surface area contributed by atoms with Gasteiger partial charge in [-0.15, -0.1) is 0 Å². The highest BCUT2D eigenvalue weighted by Gasteiger charge is 2.33. The Labute approximate surface area is 133 Å². The summed E-state index contributed by atoms with van der Waals surface area (Å²) >= 11 is 6.06. The SMILES string of the molecule is CC(C)c1ccc(C2C=CC=C(Cl)C2OCC(F)(F)F)cc1. The van der Waals surface area contributed by atoms with Gasteiger partial charge in [0.2, 0.25) is 0 Å². The number of rotatable bonds is 4. The van der Waals surface area contributed by atoms with E-state index in [4.69, 9.17) is 16.3 Å². The number of alkyl halides is 3. The lowest BCUT2D eigenvalue weighted by Gasteiger charge is -2.28. The number of benzene rings is 1. The molecule has 120 valence electrons. The van der Waals surface area contributed by atoms with E-state index in [1.54, 1.807) is 12.2 Å². The fourth-order valence-electron chi connectivity index (χ4n) is 2.39. The van der Waals surface area contributed by atoms with Gasteiger partial charge in [-0.25, -0.2) is 0 Å². The van der Waals surface area contributed by atoms with E-state index in [0.29, 0.717) is 5.92 Å². The molecule has 0 bridgehead atoms. The zero-order chi connectivity index (χ0) is 16.3. The van der Waals surface area contributed by atoms with Gasteiger partial charge in [0.15, 0.2) is 0 Å². The summed E-state index contributed by atoms with van der Waals surface area (Å²) in [5.41, 5.74) is 2.07. The lowest BCUT2D eigenvalue weighted by molar-refractivity contribution is -0.182. The second-order valence-electron chi connectivity index (χ2n) is 5.63. The smallest absolute Gasteiger partial charge is 0.362 e. The van der Waals surface area contributed by atoms with Gasteiger partial charge in [0.05, 0.1) is 0 Å². The van der Waals surface area contributed by atoms with Crippen LogP contribution in [0.25, 0.3) is 0 Å². The van der Waals surface area contributed by atoms with Crippen LogP contribution in [0.3, 0.4) is 0 Å². The van der Waals surface area contributed by atoms with Gasteiger partial charge in [0.1, 0.15) is 12.7 Å². The molecule has 2 unspecified atom stereocenters. The van der Waals surface area contributed by atoms with Crippen molar-refractivity contribution in [1.82, 2.24) is 0 Å². The van der Waals surface area contributed by atoms with Crippen molar-refractivity contribution in [2.24, 2.45) is 0 Å². The molecule has 0 spiro atoms. The molecule has 1 nitrogen and oxygen atoms in total. The Hall–Kier alpha value is -1.26. The summed E-state index contributed by atoms with van der Waals surface area (Å²) in [4.78, 5) is 0. The highest BCUT2D eigenvalue weighted by Crippen LogP contribution is 2.34. The topological polar surface area (TPSA) is 9.23 Å². The summed E-state index contributed by atoms with van der Waals surface area (Å²) < 4.78 is 42.2. The van der Waals surface area contributed by atoms with Gasteiger partial charge in [-0.05, 0) is 23.1 Å². The van der Waals surface area contributed by atoms with Crippen LogP contribution < -0.4 is 0 Å². The maximum atomic E-state index is 12.4. The van der Waals surface area contributed by atoms with Crippen molar-refractivity contribution in [2.45, 2.75) is 38.0 Å². The van der Waals surface area contributed by atoms with E-state index in [1.807, 2.05) is 30.3 Å². The quantitative estimate of drug-likeness (QED) is 0.705. The Kier molecular flexibility index (Phi) is 5.35. The van der Waals surface area contributed by atoms with Crippen LogP contribution in [-0.4, -0.2) is 18.9 Å². The molecular weight excluding hydrogens is 313 g/mol. The minimum atomic E-state index is -4.37. The largest absolute Gasteiger partial charge is 0.411 e. The van der Waals surface area contributed by atoms with Crippen molar-refractivity contribution < 1.29 is 17.9 Å². The summed E-state index contributed by atoms with van der Waals surface area (Å²) in [7, 11) is 0. The van der Waals surface area contributed by atoms with E-state index in [-0.39, 0.29) is 11.0 Å². The Morgan fingerprint density at radius 2 is 1.82 bits per heavy atom. The zero-order valence-corrected chi connectivity index (χ0v) is 13.2. The predicted molar refractivity (Wildman–Crippen MR) is 82.1 cm³/mol. The molecule has 0 amide bonds. The van der Waals surface area contributed by atoms with E-state index < -0.39 is 18.9 Å². The van der Waals surface area contributed by atoms with Crippen LogP contribution >= 0.6 is 11.6 Å². The molecule has 1 aromatic carbocycles.